The second-order valence-electron chi connectivity index (χ2n) is 7.53. The third kappa shape index (κ3) is 4.90. The summed E-state index contributed by atoms with van der Waals surface area (Å²) < 4.78 is 10.9. The number of piperazine rings is 1. The zero-order valence-corrected chi connectivity index (χ0v) is 17.1. The van der Waals surface area contributed by atoms with Crippen molar-refractivity contribution in [2.45, 2.75) is 6.42 Å². The second-order valence-corrected chi connectivity index (χ2v) is 7.53. The summed E-state index contributed by atoms with van der Waals surface area (Å²) in [6.45, 7) is 6.31. The topological polar surface area (TPSA) is 96.7 Å². The first-order valence-corrected chi connectivity index (χ1v) is 10.2. The molecule has 0 radical (unpaired) electrons. The van der Waals surface area contributed by atoms with Crippen LogP contribution in [0.15, 0.2) is 42.5 Å². The highest BCUT2D eigenvalue weighted by Crippen LogP contribution is 2.28. The number of likely N-dealkylation sites (N-methyl/N-ethyl adjacent to an activating group) is 1. The highest BCUT2D eigenvalue weighted by atomic mass is 16.5. The van der Waals surface area contributed by atoms with Crippen LogP contribution < -0.4 is 15.2 Å². The number of nitrogens with two attached hydrogens (primary N) is 1. The Kier molecular flexibility index (Phi) is 6.15. The highest BCUT2D eigenvalue weighted by Gasteiger charge is 2.13. The maximum Gasteiger partial charge on any atom is 0.410 e. The van der Waals surface area contributed by atoms with Crippen molar-refractivity contribution in [2.24, 2.45) is 5.73 Å². The summed E-state index contributed by atoms with van der Waals surface area (Å²) >= 11 is 0. The number of aromatic nitrogens is 2. The fraction of sp³-hybridized carbons (Fsp3) is 0.364. The van der Waals surface area contributed by atoms with Gasteiger partial charge in [-0.25, -0.2) is 9.78 Å². The first-order valence-electron chi connectivity index (χ1n) is 10.2. The van der Waals surface area contributed by atoms with Gasteiger partial charge in [0.1, 0.15) is 17.1 Å². The molecule has 8 nitrogen and oxygen atoms in total. The van der Waals surface area contributed by atoms with Crippen LogP contribution in [0.5, 0.6) is 11.5 Å². The fourth-order valence-corrected chi connectivity index (χ4v) is 3.59. The van der Waals surface area contributed by atoms with E-state index in [0.717, 1.165) is 56.0 Å². The third-order valence-electron chi connectivity index (χ3n) is 5.30. The second kappa shape index (κ2) is 9.15. The fourth-order valence-electron chi connectivity index (χ4n) is 3.59. The van der Waals surface area contributed by atoms with Gasteiger partial charge >= 0.3 is 6.09 Å². The minimum Gasteiger partial charge on any atom is -0.494 e. The number of rotatable bonds is 7. The molecule has 0 unspecified atom stereocenters. The van der Waals surface area contributed by atoms with E-state index in [1.165, 1.54) is 0 Å². The summed E-state index contributed by atoms with van der Waals surface area (Å²) in [7, 11) is 2.17. The molecule has 1 aliphatic heterocycles. The summed E-state index contributed by atoms with van der Waals surface area (Å²) in [6.07, 6.45) is 0.152. The van der Waals surface area contributed by atoms with Gasteiger partial charge in [0.25, 0.3) is 0 Å². The van der Waals surface area contributed by atoms with Crippen molar-refractivity contribution in [3.8, 4) is 22.9 Å². The van der Waals surface area contributed by atoms with Crippen molar-refractivity contribution >= 4 is 17.1 Å². The largest absolute Gasteiger partial charge is 0.494 e. The number of primary amides is 1. The van der Waals surface area contributed by atoms with Crippen LogP contribution in [0.25, 0.3) is 22.4 Å². The molecule has 1 amide bonds. The molecule has 2 heterocycles. The van der Waals surface area contributed by atoms with Crippen molar-refractivity contribution in [3.63, 3.8) is 0 Å². The molecule has 8 heteroatoms. The van der Waals surface area contributed by atoms with E-state index in [1.807, 2.05) is 30.3 Å². The molecule has 3 aromatic rings. The molecule has 3 N–H and O–H groups in total. The number of H-pyrrole nitrogens is 1. The van der Waals surface area contributed by atoms with Crippen LogP contribution in [0, 0.1) is 0 Å². The van der Waals surface area contributed by atoms with Crippen LogP contribution in [0.3, 0.4) is 0 Å². The van der Waals surface area contributed by atoms with E-state index in [9.17, 15) is 4.79 Å². The number of aromatic amines is 1. The van der Waals surface area contributed by atoms with Crippen molar-refractivity contribution in [1.82, 2.24) is 19.8 Å². The molecular formula is C22H27N5O3. The number of nitrogens with zero attached hydrogens (tertiary/aromatic N) is 3. The summed E-state index contributed by atoms with van der Waals surface area (Å²) in [4.78, 5) is 23.7. The molecule has 158 valence electrons. The first kappa shape index (κ1) is 20.2. The minimum atomic E-state index is -0.860. The molecule has 0 atom stereocenters. The molecule has 0 bridgehead atoms. The average molecular weight is 409 g/mol. The van der Waals surface area contributed by atoms with Crippen LogP contribution >= 0.6 is 0 Å². The number of fused-ring (bicyclic) bond motifs is 1. The average Bonchev–Trinajstić information content (AvgIpc) is 3.18. The Hall–Kier alpha value is -3.10. The van der Waals surface area contributed by atoms with Gasteiger partial charge < -0.3 is 30.0 Å². The van der Waals surface area contributed by atoms with Crippen molar-refractivity contribution in [3.05, 3.63) is 42.5 Å². The molecular weight excluding hydrogens is 382 g/mol. The number of hydrogen-bond donors (Lipinski definition) is 2. The molecule has 1 saturated heterocycles. The Bertz CT molecular complexity index is 994. The van der Waals surface area contributed by atoms with Gasteiger partial charge in [-0.2, -0.15) is 0 Å². The summed E-state index contributed by atoms with van der Waals surface area (Å²) in [6, 6.07) is 13.1. The first-order chi connectivity index (χ1) is 14.6. The van der Waals surface area contributed by atoms with Crippen LogP contribution in [0.4, 0.5) is 4.79 Å². The highest BCUT2D eigenvalue weighted by molar-refractivity contribution is 5.87. The van der Waals surface area contributed by atoms with Crippen LogP contribution in [0.2, 0.25) is 0 Å². The van der Waals surface area contributed by atoms with Gasteiger partial charge in [-0.1, -0.05) is 6.07 Å². The Labute approximate surface area is 175 Å². The monoisotopic (exact) mass is 409 g/mol. The van der Waals surface area contributed by atoms with Gasteiger partial charge in [0.15, 0.2) is 5.75 Å². The number of hydrogen-bond acceptors (Lipinski definition) is 6. The van der Waals surface area contributed by atoms with Gasteiger partial charge in [-0.05, 0) is 49.9 Å². The standard InChI is InChI=1S/C22H27N5O3/c1-26-11-13-27(14-12-26)10-3-15-29-17-8-6-16(7-9-17)21-24-18-4-2-5-19(20(18)25-21)30-22(23)28/h2,4-9H,3,10-15H2,1H3,(H2,23,28)(H,24,25). The van der Waals surface area contributed by atoms with E-state index in [1.54, 1.807) is 12.1 Å². The van der Waals surface area contributed by atoms with Crippen LogP contribution in [0.1, 0.15) is 6.42 Å². The quantitative estimate of drug-likeness (QED) is 0.583. The zero-order chi connectivity index (χ0) is 20.9. The smallest absolute Gasteiger partial charge is 0.410 e. The molecule has 1 aromatic heterocycles. The summed E-state index contributed by atoms with van der Waals surface area (Å²) in [5.41, 5.74) is 7.38. The lowest BCUT2D eigenvalue weighted by atomic mass is 10.2. The van der Waals surface area contributed by atoms with Gasteiger partial charge in [-0.3, -0.25) is 0 Å². The van der Waals surface area contributed by atoms with Crippen LogP contribution in [-0.4, -0.2) is 72.2 Å². The Morgan fingerprint density at radius 3 is 2.63 bits per heavy atom. The number of nitrogens with one attached hydrogen (secondary N) is 1. The molecule has 1 aliphatic rings. The van der Waals surface area contributed by atoms with Gasteiger partial charge in [0.2, 0.25) is 0 Å². The van der Waals surface area contributed by atoms with E-state index < -0.39 is 6.09 Å². The maximum absolute atomic E-state index is 11.1. The Balaban J connectivity index is 1.34. The van der Waals surface area contributed by atoms with E-state index in [4.69, 9.17) is 15.2 Å². The molecule has 0 spiro atoms. The number of carbonyl (C=O) groups is 1. The molecule has 1 fully saturated rings. The number of amides is 1. The maximum atomic E-state index is 11.1. The van der Waals surface area contributed by atoms with E-state index >= 15 is 0 Å². The number of carbonyl (C=O) groups excluding carboxylic acids is 1. The lowest BCUT2D eigenvalue weighted by Gasteiger charge is -2.32. The van der Waals surface area contributed by atoms with Crippen LogP contribution in [-0.2, 0) is 0 Å². The predicted molar refractivity (Wildman–Crippen MR) is 116 cm³/mol. The SMILES string of the molecule is CN1CCN(CCCOc2ccc(-c3nc4c(OC(N)=O)cccc4[nH]3)cc2)CC1. The number of ether oxygens (including phenoxy) is 2. The molecule has 30 heavy (non-hydrogen) atoms. The lowest BCUT2D eigenvalue weighted by Crippen LogP contribution is -2.44. The molecule has 0 aliphatic carbocycles. The molecule has 2 aromatic carbocycles. The molecule has 4 rings (SSSR count). The van der Waals surface area contributed by atoms with E-state index in [-0.39, 0.29) is 0 Å². The van der Waals surface area contributed by atoms with Gasteiger partial charge in [0.05, 0.1) is 12.1 Å². The van der Waals surface area contributed by atoms with Crippen molar-refractivity contribution in [1.29, 1.82) is 0 Å². The van der Waals surface area contributed by atoms with E-state index in [2.05, 4.69) is 26.8 Å². The predicted octanol–water partition coefficient (Wildman–Crippen LogP) is 2.70. The number of imidazole rings is 1. The van der Waals surface area contributed by atoms with Crippen molar-refractivity contribution in [2.75, 3.05) is 46.4 Å². The Morgan fingerprint density at radius 1 is 1.13 bits per heavy atom. The third-order valence-corrected chi connectivity index (χ3v) is 5.30. The van der Waals surface area contributed by atoms with Gasteiger partial charge in [0, 0.05) is 38.3 Å². The van der Waals surface area contributed by atoms with E-state index in [0.29, 0.717) is 23.7 Å². The number of benzene rings is 2. The Morgan fingerprint density at radius 2 is 1.90 bits per heavy atom. The summed E-state index contributed by atoms with van der Waals surface area (Å²) in [5, 5.41) is 0. The minimum absolute atomic E-state index is 0.336. The number of para-hydroxylation sites is 1. The normalized spacial score (nSPS) is 15.4. The van der Waals surface area contributed by atoms with Gasteiger partial charge in [-0.15, -0.1) is 0 Å². The lowest BCUT2D eigenvalue weighted by molar-refractivity contribution is 0.145. The molecule has 0 saturated carbocycles. The van der Waals surface area contributed by atoms with Crippen molar-refractivity contribution < 1.29 is 14.3 Å². The zero-order valence-electron chi connectivity index (χ0n) is 17.1. The summed E-state index contributed by atoms with van der Waals surface area (Å²) in [5.74, 6) is 1.86.